The maximum Gasteiger partial charge on any atom is 0.179 e. The molecule has 0 aromatic carbocycles. The lowest BCUT2D eigenvalue weighted by Gasteiger charge is -2.02. The predicted molar refractivity (Wildman–Crippen MR) is 75.5 cm³/mol. The normalized spacial score (nSPS) is 11.2. The molecular weight excluding hydrogens is 264 g/mol. The third kappa shape index (κ3) is 1.97. The summed E-state index contributed by atoms with van der Waals surface area (Å²) in [5.74, 6) is 0. The van der Waals surface area contributed by atoms with E-state index in [9.17, 15) is 0 Å². The highest BCUT2D eigenvalue weighted by atomic mass is 32.1. The fraction of sp³-hybridized carbons (Fsp3) is 0.250. The van der Waals surface area contributed by atoms with Crippen molar-refractivity contribution in [3.63, 3.8) is 0 Å². The molecule has 3 aromatic heterocycles. The number of imidazole rings is 1. The first kappa shape index (κ1) is 11.6. The van der Waals surface area contributed by atoms with Gasteiger partial charge in [-0.05, 0) is 30.8 Å². The van der Waals surface area contributed by atoms with Crippen LogP contribution in [0.3, 0.4) is 0 Å². The number of rotatable bonds is 3. The van der Waals surface area contributed by atoms with Crippen molar-refractivity contribution in [2.24, 2.45) is 0 Å². The molecule has 0 unspecified atom stereocenters. The number of aryl methyl sites for hydroxylation is 3. The first-order chi connectivity index (χ1) is 8.75. The van der Waals surface area contributed by atoms with Gasteiger partial charge in [0.15, 0.2) is 10.4 Å². The molecule has 4 nitrogen and oxygen atoms in total. The molecule has 0 aliphatic rings. The molecule has 0 radical (unpaired) electrons. The Morgan fingerprint density at radius 2 is 2.33 bits per heavy atom. The number of hydrogen-bond acceptors (Lipinski definition) is 4. The average molecular weight is 276 g/mol. The Balaban J connectivity index is 1.99. The second-order valence-corrected chi connectivity index (χ2v) is 5.24. The van der Waals surface area contributed by atoms with Crippen LogP contribution in [0.15, 0.2) is 23.2 Å². The lowest BCUT2D eigenvalue weighted by Crippen LogP contribution is -2.02. The molecule has 0 saturated heterocycles. The zero-order valence-corrected chi connectivity index (χ0v) is 11.5. The second-order valence-electron chi connectivity index (χ2n) is 4.14. The van der Waals surface area contributed by atoms with Crippen LogP contribution in [0, 0.1) is 11.7 Å². The lowest BCUT2D eigenvalue weighted by atomic mass is 10.3. The first-order valence-corrected chi connectivity index (χ1v) is 7.02. The summed E-state index contributed by atoms with van der Waals surface area (Å²) in [4.78, 5) is 11.9. The summed E-state index contributed by atoms with van der Waals surface area (Å²) in [6, 6.07) is 1.98. The van der Waals surface area contributed by atoms with Crippen LogP contribution < -0.4 is 0 Å². The van der Waals surface area contributed by atoms with Gasteiger partial charge in [0.05, 0.1) is 16.7 Å². The Morgan fingerprint density at radius 3 is 3.11 bits per heavy atom. The molecule has 0 amide bonds. The molecule has 0 aliphatic heterocycles. The highest BCUT2D eigenvalue weighted by Gasteiger charge is 2.07. The van der Waals surface area contributed by atoms with Gasteiger partial charge in [0.25, 0.3) is 0 Å². The average Bonchev–Trinajstić information content (AvgIpc) is 2.95. The Bertz CT molecular complexity index is 724. The minimum atomic E-state index is 0.724. The fourth-order valence-corrected chi connectivity index (χ4v) is 2.84. The largest absolute Gasteiger partial charge is 0.329 e. The van der Waals surface area contributed by atoms with Crippen molar-refractivity contribution < 1.29 is 0 Å². The topological polar surface area (TPSA) is 46.5 Å². The van der Waals surface area contributed by atoms with Gasteiger partial charge >= 0.3 is 0 Å². The number of hydrogen-bond donors (Lipinski definition) is 1. The molecule has 3 rings (SSSR count). The van der Waals surface area contributed by atoms with Crippen molar-refractivity contribution in [2.45, 2.75) is 19.9 Å². The number of nitrogens with zero attached hydrogens (tertiary/aromatic N) is 3. The Kier molecular flexibility index (Phi) is 2.97. The van der Waals surface area contributed by atoms with Gasteiger partial charge in [0.2, 0.25) is 0 Å². The van der Waals surface area contributed by atoms with Crippen LogP contribution in [-0.4, -0.2) is 19.5 Å². The third-order valence-electron chi connectivity index (χ3n) is 2.95. The van der Waals surface area contributed by atoms with Crippen LogP contribution in [0.4, 0.5) is 0 Å². The van der Waals surface area contributed by atoms with Crippen molar-refractivity contribution >= 4 is 34.7 Å². The highest BCUT2D eigenvalue weighted by molar-refractivity contribution is 7.71. The van der Waals surface area contributed by atoms with Crippen molar-refractivity contribution in [1.29, 1.82) is 0 Å². The van der Waals surface area contributed by atoms with E-state index in [4.69, 9.17) is 12.2 Å². The van der Waals surface area contributed by atoms with Gasteiger partial charge in [0, 0.05) is 24.5 Å². The zero-order chi connectivity index (χ0) is 12.5. The minimum Gasteiger partial charge on any atom is -0.329 e. The highest BCUT2D eigenvalue weighted by Crippen LogP contribution is 2.16. The van der Waals surface area contributed by atoms with Gasteiger partial charge in [-0.15, -0.1) is 11.3 Å². The van der Waals surface area contributed by atoms with Crippen LogP contribution in [0.2, 0.25) is 0 Å². The van der Waals surface area contributed by atoms with E-state index >= 15 is 0 Å². The van der Waals surface area contributed by atoms with E-state index in [0.29, 0.717) is 0 Å². The van der Waals surface area contributed by atoms with Gasteiger partial charge in [0.1, 0.15) is 0 Å². The summed E-state index contributed by atoms with van der Waals surface area (Å²) < 4.78 is 2.76. The van der Waals surface area contributed by atoms with Crippen LogP contribution in [0.5, 0.6) is 0 Å². The number of aromatic nitrogens is 4. The van der Waals surface area contributed by atoms with E-state index in [2.05, 4.69) is 27.3 Å². The fourth-order valence-electron chi connectivity index (χ4n) is 1.97. The number of pyridine rings is 1. The van der Waals surface area contributed by atoms with E-state index in [1.165, 1.54) is 5.56 Å². The van der Waals surface area contributed by atoms with Crippen LogP contribution in [-0.2, 0) is 13.0 Å². The molecule has 6 heteroatoms. The van der Waals surface area contributed by atoms with Gasteiger partial charge in [-0.1, -0.05) is 0 Å². The van der Waals surface area contributed by atoms with Crippen molar-refractivity contribution in [3.05, 3.63) is 39.2 Å². The minimum absolute atomic E-state index is 0.724. The molecule has 92 valence electrons. The van der Waals surface area contributed by atoms with Gasteiger partial charge in [-0.3, -0.25) is 0 Å². The molecule has 1 N–H and O–H groups in total. The van der Waals surface area contributed by atoms with Gasteiger partial charge < -0.3 is 9.55 Å². The maximum atomic E-state index is 5.36. The third-order valence-corrected chi connectivity index (χ3v) is 3.90. The van der Waals surface area contributed by atoms with E-state index in [1.807, 2.05) is 22.3 Å². The van der Waals surface area contributed by atoms with Crippen molar-refractivity contribution in [1.82, 2.24) is 19.5 Å². The van der Waals surface area contributed by atoms with E-state index in [-0.39, 0.29) is 0 Å². The summed E-state index contributed by atoms with van der Waals surface area (Å²) in [6.45, 7) is 2.86. The molecule has 0 saturated carbocycles. The summed E-state index contributed by atoms with van der Waals surface area (Å²) in [5, 5.41) is 2.07. The monoisotopic (exact) mass is 276 g/mol. The smallest absolute Gasteiger partial charge is 0.179 e. The summed E-state index contributed by atoms with van der Waals surface area (Å²) in [7, 11) is 0. The molecule has 3 heterocycles. The molecular formula is C12H12N4S2. The number of fused-ring (bicyclic) bond motifs is 1. The first-order valence-electron chi connectivity index (χ1n) is 5.67. The molecule has 0 bridgehead atoms. The van der Waals surface area contributed by atoms with E-state index in [1.54, 1.807) is 11.3 Å². The van der Waals surface area contributed by atoms with Crippen LogP contribution in [0.25, 0.3) is 11.2 Å². The van der Waals surface area contributed by atoms with Crippen LogP contribution in [0.1, 0.15) is 11.3 Å². The molecule has 0 spiro atoms. The summed E-state index contributed by atoms with van der Waals surface area (Å²) >= 11 is 6.97. The molecule has 3 aromatic rings. The molecule has 0 aliphatic carbocycles. The standard InChI is InChI=1S/C12H12N4S2/c1-8-2-4-13-11-10(8)15-12(17)16(11)5-3-9-6-18-7-14-9/h2,4,6-7H,3,5H2,1H3,(H,15,17). The SMILES string of the molecule is Cc1ccnc2c1[nH]c(=S)n2CCc1cscn1. The maximum absolute atomic E-state index is 5.36. The van der Waals surface area contributed by atoms with Crippen LogP contribution >= 0.6 is 23.6 Å². The zero-order valence-electron chi connectivity index (χ0n) is 9.88. The summed E-state index contributed by atoms with van der Waals surface area (Å²) in [5.41, 5.74) is 6.07. The predicted octanol–water partition coefficient (Wildman–Crippen LogP) is 3.10. The Morgan fingerprint density at radius 1 is 1.44 bits per heavy atom. The molecule has 0 atom stereocenters. The quantitative estimate of drug-likeness (QED) is 0.748. The number of aromatic amines is 1. The summed E-state index contributed by atoms with van der Waals surface area (Å²) in [6.07, 6.45) is 2.69. The number of H-pyrrole nitrogens is 1. The van der Waals surface area contributed by atoms with Crippen molar-refractivity contribution in [3.8, 4) is 0 Å². The Hall–Kier alpha value is -1.53. The second kappa shape index (κ2) is 4.62. The lowest BCUT2D eigenvalue weighted by molar-refractivity contribution is 0.692. The van der Waals surface area contributed by atoms with Gasteiger partial charge in [-0.25, -0.2) is 9.97 Å². The van der Waals surface area contributed by atoms with E-state index < -0.39 is 0 Å². The number of nitrogens with one attached hydrogen (secondary N) is 1. The number of thiazole rings is 1. The molecule has 18 heavy (non-hydrogen) atoms. The van der Waals surface area contributed by atoms with Gasteiger partial charge in [-0.2, -0.15) is 0 Å². The van der Waals surface area contributed by atoms with Crippen molar-refractivity contribution in [2.75, 3.05) is 0 Å². The Labute approximate surface area is 113 Å². The molecule has 0 fully saturated rings. The van der Waals surface area contributed by atoms with E-state index in [0.717, 1.165) is 34.6 Å².